The van der Waals surface area contributed by atoms with Crippen LogP contribution >= 0.6 is 24.0 Å². The summed E-state index contributed by atoms with van der Waals surface area (Å²) in [6.45, 7) is 7.24. The molecule has 3 rings (SSSR count). The maximum Gasteiger partial charge on any atom is 0.409 e. The second-order valence-corrected chi connectivity index (χ2v) is 7.44. The van der Waals surface area contributed by atoms with Crippen LogP contribution < -0.4 is 10.6 Å². The summed E-state index contributed by atoms with van der Waals surface area (Å²) in [6, 6.07) is 1.25. The van der Waals surface area contributed by atoms with Gasteiger partial charge in [0.25, 0.3) is 0 Å². The topological polar surface area (TPSA) is 69.2 Å². The largest absolute Gasteiger partial charge is 0.450 e. The Morgan fingerprint density at radius 3 is 2.50 bits per heavy atom. The molecule has 1 amide bonds. The number of piperidine rings is 1. The Hall–Kier alpha value is -0.770. The molecular formula is C18H34IN5O2. The lowest BCUT2D eigenvalue weighted by molar-refractivity contribution is 0.0963. The molecule has 0 radical (unpaired) electrons. The Bertz CT molecular complexity index is 478. The second-order valence-electron chi connectivity index (χ2n) is 7.44. The predicted molar refractivity (Wildman–Crippen MR) is 114 cm³/mol. The summed E-state index contributed by atoms with van der Waals surface area (Å²) in [5.41, 5.74) is 0. The molecule has 1 unspecified atom stereocenters. The van der Waals surface area contributed by atoms with Crippen LogP contribution in [0, 0.1) is 5.92 Å². The van der Waals surface area contributed by atoms with Crippen molar-refractivity contribution in [3.63, 3.8) is 0 Å². The molecule has 2 saturated heterocycles. The van der Waals surface area contributed by atoms with Crippen molar-refractivity contribution in [3.8, 4) is 0 Å². The van der Waals surface area contributed by atoms with Gasteiger partial charge in [-0.15, -0.1) is 24.0 Å². The van der Waals surface area contributed by atoms with Crippen molar-refractivity contribution in [3.05, 3.63) is 0 Å². The molecule has 0 aromatic rings. The number of carbonyl (C=O) groups excluding carboxylic acids is 1. The van der Waals surface area contributed by atoms with Crippen LogP contribution in [0.4, 0.5) is 4.79 Å². The third kappa shape index (κ3) is 6.14. The number of hydrogen-bond acceptors (Lipinski definition) is 4. The lowest BCUT2D eigenvalue weighted by Gasteiger charge is -2.32. The smallest absolute Gasteiger partial charge is 0.409 e. The first-order valence-corrected chi connectivity index (χ1v) is 9.82. The molecule has 26 heavy (non-hydrogen) atoms. The van der Waals surface area contributed by atoms with E-state index in [1.54, 1.807) is 4.90 Å². The number of ether oxygens (including phenoxy) is 1. The SMILES string of the molecule is CCOC(=O)N1CCC(NC(=NC)NCC2CCN(C3CC3)C2)CC1.I. The Labute approximate surface area is 174 Å². The summed E-state index contributed by atoms with van der Waals surface area (Å²) in [5, 5.41) is 7.01. The first-order chi connectivity index (χ1) is 12.2. The highest BCUT2D eigenvalue weighted by Gasteiger charge is 2.34. The first kappa shape index (κ1) is 21.5. The maximum absolute atomic E-state index is 11.8. The van der Waals surface area contributed by atoms with E-state index >= 15 is 0 Å². The highest BCUT2D eigenvalue weighted by atomic mass is 127. The fourth-order valence-electron chi connectivity index (χ4n) is 3.85. The van der Waals surface area contributed by atoms with Gasteiger partial charge in [0.1, 0.15) is 0 Å². The van der Waals surface area contributed by atoms with E-state index < -0.39 is 0 Å². The summed E-state index contributed by atoms with van der Waals surface area (Å²) in [6.07, 6.45) is 5.75. The Balaban J connectivity index is 0.00000243. The molecule has 0 bridgehead atoms. The summed E-state index contributed by atoms with van der Waals surface area (Å²) in [5.74, 6) is 1.62. The van der Waals surface area contributed by atoms with Gasteiger partial charge < -0.3 is 25.2 Å². The molecule has 0 aromatic carbocycles. The van der Waals surface area contributed by atoms with Gasteiger partial charge in [-0.1, -0.05) is 0 Å². The Morgan fingerprint density at radius 2 is 1.88 bits per heavy atom. The number of nitrogens with zero attached hydrogens (tertiary/aromatic N) is 3. The number of halogens is 1. The van der Waals surface area contributed by atoms with E-state index in [0.717, 1.165) is 50.4 Å². The Kier molecular flexibility index (Phi) is 8.72. The van der Waals surface area contributed by atoms with Crippen LogP contribution in [0.5, 0.6) is 0 Å². The number of aliphatic imine (C=N–C) groups is 1. The van der Waals surface area contributed by atoms with Gasteiger partial charge in [-0.05, 0) is 51.5 Å². The van der Waals surface area contributed by atoms with Gasteiger partial charge in [-0.2, -0.15) is 0 Å². The quantitative estimate of drug-likeness (QED) is 0.358. The van der Waals surface area contributed by atoms with Gasteiger partial charge in [0.15, 0.2) is 5.96 Å². The second kappa shape index (κ2) is 10.5. The number of carbonyl (C=O) groups is 1. The minimum atomic E-state index is -0.190. The predicted octanol–water partition coefficient (Wildman–Crippen LogP) is 1.87. The first-order valence-electron chi connectivity index (χ1n) is 9.82. The van der Waals surface area contributed by atoms with E-state index in [1.807, 2.05) is 14.0 Å². The summed E-state index contributed by atoms with van der Waals surface area (Å²) >= 11 is 0. The number of amides is 1. The van der Waals surface area contributed by atoms with E-state index in [9.17, 15) is 4.79 Å². The normalized spacial score (nSPS) is 24.9. The summed E-state index contributed by atoms with van der Waals surface area (Å²) < 4.78 is 5.07. The van der Waals surface area contributed by atoms with Crippen LogP contribution in [0.3, 0.4) is 0 Å². The van der Waals surface area contributed by atoms with Crippen molar-refractivity contribution in [1.82, 2.24) is 20.4 Å². The molecule has 2 aliphatic heterocycles. The van der Waals surface area contributed by atoms with Gasteiger partial charge in [-0.3, -0.25) is 4.99 Å². The van der Waals surface area contributed by atoms with Crippen LogP contribution in [0.25, 0.3) is 0 Å². The van der Waals surface area contributed by atoms with Crippen LogP contribution in [-0.2, 0) is 4.74 Å². The van der Waals surface area contributed by atoms with Crippen molar-refractivity contribution in [2.45, 2.75) is 51.1 Å². The average Bonchev–Trinajstić information content (AvgIpc) is 3.38. The molecule has 2 N–H and O–H groups in total. The summed E-state index contributed by atoms with van der Waals surface area (Å²) in [7, 11) is 1.83. The van der Waals surface area contributed by atoms with Crippen LogP contribution in [-0.4, -0.2) is 80.3 Å². The van der Waals surface area contributed by atoms with E-state index in [1.165, 1.54) is 32.4 Å². The monoisotopic (exact) mass is 479 g/mol. The van der Waals surface area contributed by atoms with Crippen molar-refractivity contribution >= 4 is 36.0 Å². The Morgan fingerprint density at radius 1 is 1.15 bits per heavy atom. The van der Waals surface area contributed by atoms with E-state index in [4.69, 9.17) is 4.74 Å². The van der Waals surface area contributed by atoms with Crippen molar-refractivity contribution in [2.75, 3.05) is 46.4 Å². The van der Waals surface area contributed by atoms with Crippen LogP contribution in [0.2, 0.25) is 0 Å². The molecule has 150 valence electrons. The standard InChI is InChI=1S/C18H33N5O2.HI/c1-3-25-18(24)22-10-7-15(8-11-22)21-17(19-2)20-12-14-6-9-23(13-14)16-4-5-16;/h14-16H,3-13H2,1-2H3,(H2,19,20,21);1H. The van der Waals surface area contributed by atoms with E-state index in [2.05, 4.69) is 20.5 Å². The molecule has 1 aliphatic carbocycles. The molecule has 2 heterocycles. The van der Waals surface area contributed by atoms with E-state index in [-0.39, 0.29) is 30.1 Å². The molecule has 7 nitrogen and oxygen atoms in total. The highest BCUT2D eigenvalue weighted by Crippen LogP contribution is 2.31. The lowest BCUT2D eigenvalue weighted by Crippen LogP contribution is -2.50. The molecule has 3 fully saturated rings. The molecule has 0 spiro atoms. The van der Waals surface area contributed by atoms with Crippen molar-refractivity contribution in [1.29, 1.82) is 0 Å². The molecule has 0 aromatic heterocycles. The fourth-order valence-corrected chi connectivity index (χ4v) is 3.85. The van der Waals surface area contributed by atoms with Gasteiger partial charge in [-0.25, -0.2) is 4.79 Å². The number of rotatable bonds is 5. The average molecular weight is 479 g/mol. The third-order valence-electron chi connectivity index (χ3n) is 5.52. The minimum Gasteiger partial charge on any atom is -0.450 e. The van der Waals surface area contributed by atoms with Gasteiger partial charge in [0.2, 0.25) is 0 Å². The van der Waals surface area contributed by atoms with Gasteiger partial charge in [0.05, 0.1) is 6.61 Å². The number of nitrogens with one attached hydrogen (secondary N) is 2. The molecule has 8 heteroatoms. The number of likely N-dealkylation sites (tertiary alicyclic amines) is 2. The highest BCUT2D eigenvalue weighted by molar-refractivity contribution is 14.0. The molecule has 1 saturated carbocycles. The maximum atomic E-state index is 11.8. The minimum absolute atomic E-state index is 0. The van der Waals surface area contributed by atoms with E-state index in [0.29, 0.717) is 12.6 Å². The third-order valence-corrected chi connectivity index (χ3v) is 5.52. The zero-order valence-electron chi connectivity index (χ0n) is 16.1. The fraction of sp³-hybridized carbons (Fsp3) is 0.889. The number of hydrogen-bond donors (Lipinski definition) is 2. The van der Waals surface area contributed by atoms with Gasteiger partial charge in [0, 0.05) is 45.3 Å². The van der Waals surface area contributed by atoms with Crippen molar-refractivity contribution < 1.29 is 9.53 Å². The van der Waals surface area contributed by atoms with Gasteiger partial charge >= 0.3 is 6.09 Å². The summed E-state index contributed by atoms with van der Waals surface area (Å²) in [4.78, 5) is 20.6. The lowest BCUT2D eigenvalue weighted by atomic mass is 10.1. The molecule has 1 atom stereocenters. The zero-order chi connectivity index (χ0) is 17.6. The van der Waals surface area contributed by atoms with Crippen molar-refractivity contribution in [2.24, 2.45) is 10.9 Å². The van der Waals surface area contributed by atoms with Crippen LogP contribution in [0.15, 0.2) is 4.99 Å². The zero-order valence-corrected chi connectivity index (χ0v) is 18.4. The van der Waals surface area contributed by atoms with Crippen LogP contribution in [0.1, 0.15) is 39.0 Å². The number of guanidine groups is 1. The molecular weight excluding hydrogens is 445 g/mol. The molecule has 3 aliphatic rings.